The maximum absolute atomic E-state index is 14.1. The number of nitrogens with zero attached hydrogens (tertiary/aromatic N) is 3. The van der Waals surface area contributed by atoms with Crippen molar-refractivity contribution in [2.75, 3.05) is 13.1 Å². The van der Waals surface area contributed by atoms with Crippen LogP contribution in [0.2, 0.25) is 0 Å². The second kappa shape index (κ2) is 9.30. The number of benzene rings is 2. The molecule has 0 bridgehead atoms. The van der Waals surface area contributed by atoms with Gasteiger partial charge in [-0.2, -0.15) is 0 Å². The highest BCUT2D eigenvalue weighted by atomic mass is 19.1. The van der Waals surface area contributed by atoms with Gasteiger partial charge in [-0.3, -0.25) is 9.78 Å². The second-order valence-electron chi connectivity index (χ2n) is 12.1. The number of piperidine rings is 1. The zero-order valence-electron chi connectivity index (χ0n) is 22.2. The minimum Gasteiger partial charge on any atom is -0.334 e. The quantitative estimate of drug-likeness (QED) is 0.421. The summed E-state index contributed by atoms with van der Waals surface area (Å²) in [6, 6.07) is 18.8. The van der Waals surface area contributed by atoms with Crippen molar-refractivity contribution in [3.63, 3.8) is 0 Å². The van der Waals surface area contributed by atoms with E-state index in [0.29, 0.717) is 29.8 Å². The Hall–Kier alpha value is -3.05. The van der Waals surface area contributed by atoms with E-state index in [1.807, 2.05) is 36.7 Å². The third-order valence-corrected chi connectivity index (χ3v) is 10.4. The summed E-state index contributed by atoms with van der Waals surface area (Å²) in [6.07, 6.45) is 10.0. The molecule has 2 saturated heterocycles. The van der Waals surface area contributed by atoms with E-state index in [4.69, 9.17) is 0 Å². The first-order chi connectivity index (χ1) is 18.5. The van der Waals surface area contributed by atoms with Gasteiger partial charge in [-0.1, -0.05) is 31.2 Å². The molecule has 1 aromatic heterocycles. The fourth-order valence-corrected chi connectivity index (χ4v) is 8.15. The van der Waals surface area contributed by atoms with E-state index in [1.165, 1.54) is 27.8 Å². The number of fused-ring (bicyclic) bond motifs is 2. The van der Waals surface area contributed by atoms with Crippen LogP contribution in [0, 0.1) is 17.2 Å². The number of halogens is 1. The van der Waals surface area contributed by atoms with Crippen LogP contribution in [0.25, 0.3) is 11.1 Å². The molecule has 38 heavy (non-hydrogen) atoms. The van der Waals surface area contributed by atoms with Gasteiger partial charge in [-0.25, -0.2) is 4.39 Å². The van der Waals surface area contributed by atoms with Gasteiger partial charge in [0.15, 0.2) is 0 Å². The summed E-state index contributed by atoms with van der Waals surface area (Å²) >= 11 is 0. The van der Waals surface area contributed by atoms with Crippen molar-refractivity contribution in [1.82, 2.24) is 14.8 Å². The smallest absolute Gasteiger partial charge is 0.229 e. The molecule has 7 rings (SSSR count). The Morgan fingerprint density at radius 1 is 0.921 bits per heavy atom. The molecule has 4 heterocycles. The maximum Gasteiger partial charge on any atom is 0.229 e. The second-order valence-corrected chi connectivity index (χ2v) is 12.1. The fourth-order valence-electron chi connectivity index (χ4n) is 8.15. The Morgan fingerprint density at radius 3 is 2.45 bits per heavy atom. The van der Waals surface area contributed by atoms with E-state index in [2.05, 4.69) is 39.9 Å². The lowest BCUT2D eigenvalue weighted by atomic mass is 9.73. The largest absolute Gasteiger partial charge is 0.334 e. The normalized spacial score (nSPS) is 29.6. The summed E-state index contributed by atoms with van der Waals surface area (Å²) in [6.45, 7) is 5.23. The molecule has 0 N–H and O–H groups in total. The van der Waals surface area contributed by atoms with Crippen molar-refractivity contribution in [2.24, 2.45) is 11.3 Å². The molecule has 5 heteroatoms. The van der Waals surface area contributed by atoms with Crippen molar-refractivity contribution >= 4 is 5.91 Å². The molecule has 4 atom stereocenters. The van der Waals surface area contributed by atoms with Crippen molar-refractivity contribution in [3.05, 3.63) is 89.5 Å². The molecular formula is C33H36FN3O. The third kappa shape index (κ3) is 3.89. The van der Waals surface area contributed by atoms with Crippen molar-refractivity contribution in [2.45, 2.75) is 70.0 Å². The highest BCUT2D eigenvalue weighted by Crippen LogP contribution is 2.55. The van der Waals surface area contributed by atoms with Crippen LogP contribution < -0.4 is 0 Å². The monoisotopic (exact) mass is 509 g/mol. The Balaban J connectivity index is 1.05. The predicted octanol–water partition coefficient (Wildman–Crippen LogP) is 6.21. The minimum absolute atomic E-state index is 0.161. The molecule has 1 saturated carbocycles. The molecule has 1 spiro atoms. The Labute approximate surface area is 224 Å². The van der Waals surface area contributed by atoms with Gasteiger partial charge in [0.25, 0.3) is 0 Å². The van der Waals surface area contributed by atoms with E-state index in [9.17, 15) is 9.18 Å². The molecule has 3 aromatic rings. The van der Waals surface area contributed by atoms with Crippen LogP contribution in [0.3, 0.4) is 0 Å². The summed E-state index contributed by atoms with van der Waals surface area (Å²) in [7, 11) is 0. The molecule has 2 aromatic carbocycles. The summed E-state index contributed by atoms with van der Waals surface area (Å²) in [5.74, 6) is 1.13. The van der Waals surface area contributed by atoms with Crippen molar-refractivity contribution in [3.8, 4) is 11.1 Å². The number of pyridine rings is 1. The number of likely N-dealkylation sites (tertiary alicyclic amines) is 1. The molecule has 0 radical (unpaired) electrons. The van der Waals surface area contributed by atoms with Crippen LogP contribution in [0.4, 0.5) is 4.39 Å². The van der Waals surface area contributed by atoms with Gasteiger partial charge in [0.2, 0.25) is 5.91 Å². The lowest BCUT2D eigenvalue weighted by Gasteiger charge is -2.37. The van der Waals surface area contributed by atoms with Crippen molar-refractivity contribution in [1.29, 1.82) is 0 Å². The summed E-state index contributed by atoms with van der Waals surface area (Å²) < 4.78 is 13.4. The summed E-state index contributed by atoms with van der Waals surface area (Å²) in [5, 5.41) is 0. The van der Waals surface area contributed by atoms with Crippen LogP contribution >= 0.6 is 0 Å². The fraction of sp³-hybridized carbons (Fsp3) is 0.455. The van der Waals surface area contributed by atoms with Crippen molar-refractivity contribution < 1.29 is 9.18 Å². The zero-order chi connectivity index (χ0) is 25.9. The van der Waals surface area contributed by atoms with Gasteiger partial charge < -0.3 is 9.80 Å². The molecule has 4 aliphatic rings. The first kappa shape index (κ1) is 24.0. The van der Waals surface area contributed by atoms with E-state index in [1.54, 1.807) is 12.1 Å². The highest BCUT2D eigenvalue weighted by Gasteiger charge is 2.60. The van der Waals surface area contributed by atoms with Crippen LogP contribution in [0.1, 0.15) is 61.6 Å². The van der Waals surface area contributed by atoms with Gasteiger partial charge in [0.05, 0.1) is 5.41 Å². The molecule has 3 aliphatic heterocycles. The van der Waals surface area contributed by atoms with E-state index >= 15 is 0 Å². The standard InChI is InChI=1S/C33H36FN3O/c1-22-31-19-27-3-2-26(24-9-14-35-15-10-24)18-28(27)21-37(31)32(38)33(22)13-8-30(20-33)36-16-11-25(12-17-36)23-4-6-29(34)7-5-23/h2-7,9-10,14-15,18,22,25,30-31H,8,11-13,16-17,19-21H2,1H3/t22?,30-,31?,33+/m1/s1. The lowest BCUT2D eigenvalue weighted by molar-refractivity contribution is -0.138. The molecule has 196 valence electrons. The lowest BCUT2D eigenvalue weighted by Crippen LogP contribution is -2.42. The minimum atomic E-state index is -0.209. The predicted molar refractivity (Wildman–Crippen MR) is 147 cm³/mol. The Bertz CT molecular complexity index is 1330. The summed E-state index contributed by atoms with van der Waals surface area (Å²) in [4.78, 5) is 23.1. The first-order valence-corrected chi connectivity index (χ1v) is 14.3. The Kier molecular flexibility index (Phi) is 5.88. The number of hydrogen-bond acceptors (Lipinski definition) is 3. The summed E-state index contributed by atoms with van der Waals surface area (Å²) in [5.41, 5.74) is 6.12. The number of carbonyl (C=O) groups excluding carboxylic acids is 1. The van der Waals surface area contributed by atoms with E-state index < -0.39 is 0 Å². The van der Waals surface area contributed by atoms with Gasteiger partial charge in [-0.05, 0) is 122 Å². The average Bonchev–Trinajstić information content (AvgIpc) is 3.50. The molecule has 4 nitrogen and oxygen atoms in total. The zero-order valence-corrected chi connectivity index (χ0v) is 22.2. The highest BCUT2D eigenvalue weighted by molar-refractivity contribution is 5.87. The average molecular weight is 510 g/mol. The topological polar surface area (TPSA) is 36.4 Å². The van der Waals surface area contributed by atoms with Crippen LogP contribution in [0.5, 0.6) is 0 Å². The SMILES string of the molecule is CC1C2Cc3ccc(-c4ccncc4)cc3CN2C(=O)[C@]12CC[C@@H](N1CCC(c3ccc(F)cc3)CC1)C2. The molecule has 2 unspecified atom stereocenters. The maximum atomic E-state index is 14.1. The molecule has 1 amide bonds. The van der Waals surface area contributed by atoms with E-state index in [-0.39, 0.29) is 11.2 Å². The molecule has 3 fully saturated rings. The molecule has 1 aliphatic carbocycles. The van der Waals surface area contributed by atoms with Crippen LogP contribution in [0.15, 0.2) is 67.0 Å². The number of rotatable bonds is 3. The number of carbonyl (C=O) groups is 1. The number of aromatic nitrogens is 1. The number of hydrogen-bond donors (Lipinski definition) is 0. The van der Waals surface area contributed by atoms with E-state index in [0.717, 1.165) is 58.2 Å². The van der Waals surface area contributed by atoms with Gasteiger partial charge in [0.1, 0.15) is 5.82 Å². The first-order valence-electron chi connectivity index (χ1n) is 14.3. The van der Waals surface area contributed by atoms with Crippen LogP contribution in [-0.4, -0.2) is 45.9 Å². The van der Waals surface area contributed by atoms with Crippen LogP contribution in [-0.2, 0) is 17.8 Å². The Morgan fingerprint density at radius 2 is 1.68 bits per heavy atom. The van der Waals surface area contributed by atoms with Gasteiger partial charge >= 0.3 is 0 Å². The van der Waals surface area contributed by atoms with Gasteiger partial charge in [0, 0.05) is 31.0 Å². The number of amides is 1. The third-order valence-electron chi connectivity index (χ3n) is 10.4. The van der Waals surface area contributed by atoms with Gasteiger partial charge in [-0.15, -0.1) is 0 Å². The molecular weight excluding hydrogens is 473 g/mol.